The summed E-state index contributed by atoms with van der Waals surface area (Å²) in [6.07, 6.45) is 1.95. The fourth-order valence-electron chi connectivity index (χ4n) is 2.18. The predicted molar refractivity (Wildman–Crippen MR) is 79.8 cm³/mol. The van der Waals surface area contributed by atoms with E-state index in [1.165, 1.54) is 16.7 Å². The van der Waals surface area contributed by atoms with E-state index in [-0.39, 0.29) is 21.5 Å². The van der Waals surface area contributed by atoms with Crippen LogP contribution in [0.25, 0.3) is 22.4 Å². The van der Waals surface area contributed by atoms with Crippen molar-refractivity contribution in [3.05, 3.63) is 78.5 Å². The summed E-state index contributed by atoms with van der Waals surface area (Å²) in [7, 11) is 0. The first-order valence-electron chi connectivity index (χ1n) is 6.34. The monoisotopic (exact) mass is 439 g/mol. The molecule has 20 heavy (non-hydrogen) atoms. The van der Waals surface area contributed by atoms with Gasteiger partial charge < -0.3 is 6.41 Å². The molecular formula is C18H15IrN-2. The fraction of sp³-hybridized carbons (Fsp3) is 0.0556. The Morgan fingerprint density at radius 2 is 1.75 bits per heavy atom. The van der Waals surface area contributed by atoms with Gasteiger partial charge in [0.15, 0.2) is 0 Å². The zero-order chi connectivity index (χ0) is 13.1. The van der Waals surface area contributed by atoms with Crippen LogP contribution in [0.2, 0.25) is 0 Å². The van der Waals surface area contributed by atoms with Gasteiger partial charge in [-0.15, -0.1) is 35.9 Å². The second kappa shape index (κ2) is 6.60. The van der Waals surface area contributed by atoms with Crippen LogP contribution in [0.1, 0.15) is 6.99 Å². The summed E-state index contributed by atoms with van der Waals surface area (Å²) in [6.45, 7) is 2.12. The molecule has 0 spiro atoms. The summed E-state index contributed by atoms with van der Waals surface area (Å²) in [5, 5.41) is 0. The number of rotatable bonds is 2. The quantitative estimate of drug-likeness (QED) is 0.532. The second-order valence-electron chi connectivity index (χ2n) is 4.53. The molecule has 0 aliphatic rings. The molecule has 1 radical (unpaired) electrons. The van der Waals surface area contributed by atoms with Gasteiger partial charge in [0.2, 0.25) is 0 Å². The van der Waals surface area contributed by atoms with Crippen LogP contribution in [0.4, 0.5) is 0 Å². The molecule has 103 valence electrons. The maximum atomic E-state index is 4.55. The molecule has 0 aliphatic carbocycles. The van der Waals surface area contributed by atoms with E-state index >= 15 is 0 Å². The second-order valence-corrected chi connectivity index (χ2v) is 4.53. The van der Waals surface area contributed by atoms with Crippen molar-refractivity contribution in [2.24, 2.45) is 0 Å². The molecule has 3 rings (SSSR count). The van der Waals surface area contributed by atoms with Gasteiger partial charge in [-0.2, -0.15) is 0 Å². The van der Waals surface area contributed by atoms with Crippen LogP contribution in [0, 0.1) is 13.0 Å². The van der Waals surface area contributed by atoms with Crippen molar-refractivity contribution in [2.45, 2.75) is 6.92 Å². The standard InChI is InChI=1S/C18H14N.Ir.H/c1-14-12-18(16-10-6-3-7-11-16)19-13-17(14)15-8-4-2-5-9-15;;/h2-10,12-13H,1H3;;/q-1;;-1/i;;1+1. The zero-order valence-corrected chi connectivity index (χ0v) is 13.5. The fourth-order valence-corrected chi connectivity index (χ4v) is 2.18. The molecular weight excluding hydrogens is 422 g/mol. The van der Waals surface area contributed by atoms with Crippen LogP contribution in [0.15, 0.2) is 66.9 Å². The minimum atomic E-state index is 0. The predicted octanol–water partition coefficient (Wildman–Crippen LogP) is 4.63. The number of hydrogen-bond donors (Lipinski definition) is 0. The molecule has 0 amide bonds. The van der Waals surface area contributed by atoms with Gasteiger partial charge in [0.25, 0.3) is 0 Å². The third-order valence-corrected chi connectivity index (χ3v) is 3.18. The number of nitrogens with zero attached hydrogens (tertiary/aromatic N) is 1. The maximum Gasteiger partial charge on any atom is 0.0242 e. The normalized spacial score (nSPS) is 9.85. The molecule has 0 saturated heterocycles. The molecule has 3 aromatic rings. The first-order chi connectivity index (χ1) is 9.34. The third-order valence-electron chi connectivity index (χ3n) is 3.18. The van der Waals surface area contributed by atoms with Crippen LogP contribution in [-0.4, -0.2) is 4.98 Å². The number of benzene rings is 2. The van der Waals surface area contributed by atoms with E-state index in [4.69, 9.17) is 0 Å². The number of hydrogen-bond acceptors (Lipinski definition) is 1. The molecule has 0 bridgehead atoms. The molecule has 1 aromatic heterocycles. The van der Waals surface area contributed by atoms with Crippen LogP contribution >= 0.6 is 0 Å². The Labute approximate surface area is 134 Å². The van der Waals surface area contributed by atoms with Crippen molar-refractivity contribution in [1.82, 2.24) is 4.98 Å². The zero-order valence-electron chi connectivity index (χ0n) is 12.1. The number of aromatic nitrogens is 1. The smallest absolute Gasteiger partial charge is 0.0242 e. The van der Waals surface area contributed by atoms with E-state index in [9.17, 15) is 0 Å². The average molecular weight is 439 g/mol. The molecule has 0 atom stereocenters. The van der Waals surface area contributed by atoms with Crippen molar-refractivity contribution < 1.29 is 21.5 Å². The van der Waals surface area contributed by atoms with E-state index in [2.05, 4.69) is 36.2 Å². The molecule has 0 N–H and O–H groups in total. The van der Waals surface area contributed by atoms with E-state index in [0.717, 1.165) is 11.3 Å². The van der Waals surface area contributed by atoms with Crippen LogP contribution in [0.5, 0.6) is 0 Å². The Morgan fingerprint density at radius 1 is 1.00 bits per heavy atom. The molecule has 0 aliphatic heterocycles. The Kier molecular flexibility index (Phi) is 4.83. The van der Waals surface area contributed by atoms with Crippen LogP contribution < -0.4 is 0 Å². The van der Waals surface area contributed by atoms with Crippen LogP contribution in [0.3, 0.4) is 0 Å². The molecule has 0 fully saturated rings. The summed E-state index contributed by atoms with van der Waals surface area (Å²) in [5.41, 5.74) is 5.62. The maximum absolute atomic E-state index is 4.55. The number of pyridine rings is 1. The third kappa shape index (κ3) is 3.04. The summed E-state index contributed by atoms with van der Waals surface area (Å²) < 4.78 is 0. The van der Waals surface area contributed by atoms with E-state index in [0.29, 0.717) is 0 Å². The average Bonchev–Trinajstić information content (AvgIpc) is 2.49. The Hall–Kier alpha value is -1.76. The molecule has 2 heteroatoms. The molecule has 1 nitrogen and oxygen atoms in total. The largest absolute Gasteiger partial charge is 1.00 e. The molecule has 0 unspecified atom stereocenters. The van der Waals surface area contributed by atoms with Gasteiger partial charge in [0.1, 0.15) is 0 Å². The molecule has 0 saturated carbocycles. The van der Waals surface area contributed by atoms with Gasteiger partial charge in [-0.1, -0.05) is 36.4 Å². The van der Waals surface area contributed by atoms with Crippen molar-refractivity contribution in [3.8, 4) is 22.4 Å². The van der Waals surface area contributed by atoms with Gasteiger partial charge in [0, 0.05) is 31.9 Å². The molecule has 2 aromatic carbocycles. The van der Waals surface area contributed by atoms with Crippen molar-refractivity contribution in [3.63, 3.8) is 0 Å². The van der Waals surface area contributed by atoms with E-state index in [1.807, 2.05) is 48.7 Å². The van der Waals surface area contributed by atoms with Gasteiger partial charge >= 0.3 is 0 Å². The Bertz CT molecular complexity index is 684. The van der Waals surface area contributed by atoms with Crippen molar-refractivity contribution >= 4 is 0 Å². The van der Waals surface area contributed by atoms with Crippen molar-refractivity contribution in [2.75, 3.05) is 0 Å². The van der Waals surface area contributed by atoms with E-state index < -0.39 is 0 Å². The summed E-state index contributed by atoms with van der Waals surface area (Å²) in [5.74, 6) is 0. The Morgan fingerprint density at radius 3 is 2.40 bits per heavy atom. The van der Waals surface area contributed by atoms with Crippen LogP contribution in [-0.2, 0) is 20.1 Å². The van der Waals surface area contributed by atoms with E-state index in [1.54, 1.807) is 0 Å². The summed E-state index contributed by atoms with van der Waals surface area (Å²) >= 11 is 0. The first-order valence-corrected chi connectivity index (χ1v) is 6.34. The van der Waals surface area contributed by atoms with Gasteiger partial charge in [-0.3, -0.25) is 0 Å². The van der Waals surface area contributed by atoms with Gasteiger partial charge in [-0.25, -0.2) is 0 Å². The minimum Gasteiger partial charge on any atom is -1.00 e. The first kappa shape index (κ1) is 14.6. The summed E-state index contributed by atoms with van der Waals surface area (Å²) in [4.78, 5) is 4.55. The topological polar surface area (TPSA) is 12.9 Å². The number of aryl methyl sites for hydroxylation is 1. The Balaban J connectivity index is 0.00000110. The summed E-state index contributed by atoms with van der Waals surface area (Å²) in [6, 6.07) is 23.6. The van der Waals surface area contributed by atoms with Crippen molar-refractivity contribution in [1.29, 1.82) is 0 Å². The van der Waals surface area contributed by atoms with Gasteiger partial charge in [0.05, 0.1) is 0 Å². The minimum absolute atomic E-state index is 0. The SMILES string of the molecule is Cc1cc(-c2[c-]cccc2)ncc1-c1ccccc1.[2H-].[Ir]. The molecule has 1 heterocycles. The van der Waals surface area contributed by atoms with Gasteiger partial charge in [-0.05, 0) is 23.7 Å².